The van der Waals surface area contributed by atoms with Crippen LogP contribution in [0, 0.1) is 0 Å². The first-order valence-electron chi connectivity index (χ1n) is 8.32. The summed E-state index contributed by atoms with van der Waals surface area (Å²) in [7, 11) is 0.284. The van der Waals surface area contributed by atoms with Crippen LogP contribution >= 0.6 is 23.2 Å². The zero-order chi connectivity index (χ0) is 20.8. The molecule has 0 spiro atoms. The van der Waals surface area contributed by atoms with Gasteiger partial charge < -0.3 is 4.90 Å². The monoisotopic (exact) mass is 436 g/mol. The van der Waals surface area contributed by atoms with E-state index in [9.17, 15) is 13.2 Å². The Balaban J connectivity index is 2.63. The fourth-order valence-corrected chi connectivity index (χ4v) is 3.13. The highest BCUT2D eigenvalue weighted by molar-refractivity contribution is 7.88. The Kier molecular flexibility index (Phi) is 9.01. The van der Waals surface area contributed by atoms with Crippen LogP contribution in [0.25, 0.3) is 0 Å². The summed E-state index contributed by atoms with van der Waals surface area (Å²) in [4.78, 5) is 14.2. The summed E-state index contributed by atoms with van der Waals surface area (Å²) in [5.74, 6) is -0.153. The highest BCUT2D eigenvalue weighted by Gasteiger charge is 2.19. The third kappa shape index (κ3) is 8.47. The van der Waals surface area contributed by atoms with Gasteiger partial charge in [0.15, 0.2) is 0 Å². The van der Waals surface area contributed by atoms with Crippen LogP contribution in [0.4, 0.5) is 0 Å². The molecule has 0 unspecified atom stereocenters. The maximum Gasteiger partial charge on any atom is 0.253 e. The molecule has 0 saturated heterocycles. The predicted molar refractivity (Wildman–Crippen MR) is 111 cm³/mol. The lowest BCUT2D eigenvalue weighted by Crippen LogP contribution is -2.36. The van der Waals surface area contributed by atoms with E-state index in [-0.39, 0.29) is 18.5 Å². The first kappa shape index (κ1) is 23.7. The van der Waals surface area contributed by atoms with E-state index in [2.05, 4.69) is 9.82 Å². The summed E-state index contributed by atoms with van der Waals surface area (Å²) in [6.45, 7) is 4.52. The second-order valence-corrected chi connectivity index (χ2v) is 9.13. The van der Waals surface area contributed by atoms with E-state index in [1.807, 2.05) is 13.8 Å². The van der Waals surface area contributed by atoms with Crippen molar-refractivity contribution in [1.82, 2.24) is 14.6 Å². The fraction of sp³-hybridized carbons (Fsp3) is 0.529. The van der Waals surface area contributed by atoms with Crippen LogP contribution in [0.2, 0.25) is 10.0 Å². The van der Waals surface area contributed by atoms with Gasteiger partial charge in [0.05, 0.1) is 16.3 Å². The molecule has 1 N–H and O–H groups in total. The van der Waals surface area contributed by atoms with Gasteiger partial charge in [0.2, 0.25) is 10.0 Å². The van der Waals surface area contributed by atoms with Crippen molar-refractivity contribution in [3.05, 3.63) is 33.8 Å². The molecule has 1 aromatic carbocycles. The molecule has 1 amide bonds. The molecular weight excluding hydrogens is 411 g/mol. The van der Waals surface area contributed by atoms with Crippen molar-refractivity contribution in [1.29, 1.82) is 0 Å². The summed E-state index contributed by atoms with van der Waals surface area (Å²) >= 11 is 11.9. The van der Waals surface area contributed by atoms with Gasteiger partial charge in [-0.1, -0.05) is 23.2 Å². The van der Waals surface area contributed by atoms with Crippen LogP contribution in [0.5, 0.6) is 0 Å². The number of likely N-dealkylation sites (N-methyl/N-ethyl adjacent to an activating group) is 1. The lowest BCUT2D eigenvalue weighted by atomic mass is 10.1. The number of sulfonamides is 1. The zero-order valence-electron chi connectivity index (χ0n) is 16.2. The molecule has 1 rings (SSSR count). The average Bonchev–Trinajstić information content (AvgIpc) is 2.54. The van der Waals surface area contributed by atoms with Crippen molar-refractivity contribution < 1.29 is 13.2 Å². The molecule has 0 aliphatic heterocycles. The van der Waals surface area contributed by atoms with Gasteiger partial charge >= 0.3 is 0 Å². The van der Waals surface area contributed by atoms with Gasteiger partial charge in [0, 0.05) is 50.9 Å². The molecule has 1 aromatic rings. The Bertz CT molecular complexity index is 799. The number of halogens is 2. The number of hydrogen-bond donors (Lipinski definition) is 1. The normalized spacial score (nSPS) is 13.4. The smallest absolute Gasteiger partial charge is 0.253 e. The van der Waals surface area contributed by atoms with Crippen LogP contribution in [0.15, 0.2) is 23.3 Å². The quantitative estimate of drug-likeness (QED) is 0.476. The van der Waals surface area contributed by atoms with Crippen LogP contribution in [0.1, 0.15) is 30.6 Å². The first-order valence-corrected chi connectivity index (χ1v) is 11.0. The van der Waals surface area contributed by atoms with E-state index >= 15 is 0 Å². The second kappa shape index (κ2) is 10.3. The van der Waals surface area contributed by atoms with Gasteiger partial charge in [0.1, 0.15) is 0 Å². The minimum atomic E-state index is -3.21. The highest BCUT2D eigenvalue weighted by Crippen LogP contribution is 2.23. The summed E-state index contributed by atoms with van der Waals surface area (Å²) in [6, 6.07) is 4.71. The van der Waals surface area contributed by atoms with Crippen LogP contribution in [-0.2, 0) is 10.0 Å². The SMILES string of the molecule is C/C(C[C@@H](C)N(C)C(=O)c1ccc(Cl)c(Cl)c1)=N\N(C)CCNS(C)(=O)=O. The van der Waals surface area contributed by atoms with Crippen molar-refractivity contribution in [2.75, 3.05) is 33.4 Å². The summed E-state index contributed by atoms with van der Waals surface area (Å²) in [5, 5.41) is 6.82. The Hall–Kier alpha value is -1.35. The van der Waals surface area contributed by atoms with Crippen molar-refractivity contribution in [3.63, 3.8) is 0 Å². The fourth-order valence-electron chi connectivity index (χ4n) is 2.37. The maximum atomic E-state index is 12.6. The molecule has 0 bridgehead atoms. The second-order valence-electron chi connectivity index (χ2n) is 6.48. The molecule has 1 atom stereocenters. The number of carbonyl (C=O) groups excluding carboxylic acids is 1. The topological polar surface area (TPSA) is 82.1 Å². The molecule has 27 heavy (non-hydrogen) atoms. The Morgan fingerprint density at radius 2 is 1.89 bits per heavy atom. The van der Waals surface area contributed by atoms with Crippen LogP contribution in [0.3, 0.4) is 0 Å². The Labute approximate surface area is 171 Å². The molecule has 0 aromatic heterocycles. The van der Waals surface area contributed by atoms with Crippen molar-refractivity contribution >= 4 is 44.8 Å². The van der Waals surface area contributed by atoms with Crippen LogP contribution in [-0.4, -0.2) is 69.4 Å². The lowest BCUT2D eigenvalue weighted by Gasteiger charge is -2.25. The predicted octanol–water partition coefficient (Wildman–Crippen LogP) is 2.70. The zero-order valence-corrected chi connectivity index (χ0v) is 18.5. The van der Waals surface area contributed by atoms with Crippen molar-refractivity contribution in [2.24, 2.45) is 5.10 Å². The number of nitrogens with one attached hydrogen (secondary N) is 1. The Morgan fingerprint density at radius 1 is 1.26 bits per heavy atom. The molecule has 10 heteroatoms. The number of nitrogens with zero attached hydrogens (tertiary/aromatic N) is 3. The first-order chi connectivity index (χ1) is 12.4. The number of rotatable bonds is 9. The van der Waals surface area contributed by atoms with Gasteiger partial charge in [-0.3, -0.25) is 9.80 Å². The summed E-state index contributed by atoms with van der Waals surface area (Å²) < 4.78 is 24.5. The maximum absolute atomic E-state index is 12.6. The number of benzene rings is 1. The third-order valence-corrected chi connectivity index (χ3v) is 5.35. The van der Waals surface area contributed by atoms with Gasteiger partial charge in [0.25, 0.3) is 5.91 Å². The molecule has 7 nitrogen and oxygen atoms in total. The number of hydrazone groups is 1. The van der Waals surface area contributed by atoms with E-state index in [0.29, 0.717) is 28.6 Å². The minimum Gasteiger partial charge on any atom is -0.339 e. The molecule has 0 heterocycles. The van der Waals surface area contributed by atoms with E-state index in [4.69, 9.17) is 23.2 Å². The molecule has 0 radical (unpaired) electrons. The highest BCUT2D eigenvalue weighted by atomic mass is 35.5. The van der Waals surface area contributed by atoms with E-state index in [1.54, 1.807) is 42.2 Å². The molecule has 0 aliphatic carbocycles. The summed E-state index contributed by atoms with van der Waals surface area (Å²) in [6.07, 6.45) is 1.69. The van der Waals surface area contributed by atoms with Gasteiger partial charge in [-0.2, -0.15) is 5.10 Å². The number of hydrogen-bond acceptors (Lipinski definition) is 5. The average molecular weight is 437 g/mol. The van der Waals surface area contributed by atoms with Crippen LogP contribution < -0.4 is 4.72 Å². The van der Waals surface area contributed by atoms with Gasteiger partial charge in [-0.05, 0) is 32.0 Å². The molecule has 152 valence electrons. The van der Waals surface area contributed by atoms with E-state index < -0.39 is 10.0 Å². The number of amides is 1. The number of carbonyl (C=O) groups is 1. The van der Waals surface area contributed by atoms with Crippen molar-refractivity contribution in [3.8, 4) is 0 Å². The van der Waals surface area contributed by atoms with E-state index in [1.165, 1.54) is 0 Å². The minimum absolute atomic E-state index is 0.0850. The van der Waals surface area contributed by atoms with E-state index in [0.717, 1.165) is 12.0 Å². The lowest BCUT2D eigenvalue weighted by molar-refractivity contribution is 0.0747. The molecular formula is C17H26Cl2N4O3S. The van der Waals surface area contributed by atoms with Gasteiger partial charge in [-0.15, -0.1) is 0 Å². The standard InChI is InChI=1S/C17H26Cl2N4O3S/c1-12(21-22(3)9-8-20-27(5,25)26)10-13(2)23(4)17(24)14-6-7-15(18)16(19)11-14/h6-7,11,13,20H,8-10H2,1-5H3/b21-12+/t13-/m1/s1. The molecule has 0 saturated carbocycles. The molecule has 0 aliphatic rings. The third-order valence-electron chi connectivity index (χ3n) is 3.88. The Morgan fingerprint density at radius 3 is 2.44 bits per heavy atom. The van der Waals surface area contributed by atoms with Crippen molar-refractivity contribution in [2.45, 2.75) is 26.3 Å². The molecule has 0 fully saturated rings. The largest absolute Gasteiger partial charge is 0.339 e. The van der Waals surface area contributed by atoms with Gasteiger partial charge in [-0.25, -0.2) is 13.1 Å². The summed E-state index contributed by atoms with van der Waals surface area (Å²) in [5.41, 5.74) is 1.30.